The largest absolute Gasteiger partial charge is 0.250 e. The number of aromatic nitrogens is 1. The average Bonchev–Trinajstić information content (AvgIpc) is 2.86. The maximum absolute atomic E-state index is 6.61. The Labute approximate surface area is 110 Å². The van der Waals surface area contributed by atoms with Crippen LogP contribution in [-0.4, -0.2) is 4.98 Å². The summed E-state index contributed by atoms with van der Waals surface area (Å²) >= 11 is 8.34. The summed E-state index contributed by atoms with van der Waals surface area (Å²) in [7, 11) is 0. The molecule has 1 aliphatic carbocycles. The van der Waals surface area contributed by atoms with Crippen LogP contribution in [0.25, 0.3) is 0 Å². The van der Waals surface area contributed by atoms with Crippen LogP contribution in [0.15, 0.2) is 35.8 Å². The molecule has 0 bridgehead atoms. The van der Waals surface area contributed by atoms with Gasteiger partial charge in [-0.3, -0.25) is 0 Å². The molecule has 0 fully saturated rings. The van der Waals surface area contributed by atoms with Gasteiger partial charge in [-0.25, -0.2) is 4.98 Å². The number of aryl methyl sites for hydroxylation is 1. The summed E-state index contributed by atoms with van der Waals surface area (Å²) in [6, 6.07) is 8.55. The molecule has 1 heterocycles. The number of benzene rings is 1. The first kappa shape index (κ1) is 11.2. The van der Waals surface area contributed by atoms with Crippen LogP contribution in [0.3, 0.4) is 0 Å². The molecule has 2 aromatic rings. The van der Waals surface area contributed by atoms with E-state index in [0.717, 1.165) is 12.8 Å². The van der Waals surface area contributed by atoms with Gasteiger partial charge >= 0.3 is 0 Å². The van der Waals surface area contributed by atoms with Gasteiger partial charge in [0, 0.05) is 18.0 Å². The van der Waals surface area contributed by atoms with Gasteiger partial charge in [-0.2, -0.15) is 0 Å². The Bertz CT molecular complexity index is 495. The van der Waals surface area contributed by atoms with Gasteiger partial charge in [0.2, 0.25) is 0 Å². The first-order valence-electron chi connectivity index (χ1n) is 5.95. The highest BCUT2D eigenvalue weighted by Gasteiger charge is 2.28. The Balaban J connectivity index is 1.82. The van der Waals surface area contributed by atoms with Gasteiger partial charge in [0.15, 0.2) is 0 Å². The van der Waals surface area contributed by atoms with E-state index in [9.17, 15) is 0 Å². The molecule has 1 aliphatic rings. The van der Waals surface area contributed by atoms with Gasteiger partial charge in [0.1, 0.15) is 0 Å². The predicted molar refractivity (Wildman–Crippen MR) is 72.7 cm³/mol. The molecule has 2 atom stereocenters. The van der Waals surface area contributed by atoms with E-state index < -0.39 is 0 Å². The number of rotatable bonds is 2. The third-order valence-electron chi connectivity index (χ3n) is 3.47. The summed E-state index contributed by atoms with van der Waals surface area (Å²) in [6.07, 6.45) is 5.21. The van der Waals surface area contributed by atoms with Crippen molar-refractivity contribution in [1.82, 2.24) is 4.98 Å². The zero-order valence-electron chi connectivity index (χ0n) is 9.47. The molecule has 0 spiro atoms. The van der Waals surface area contributed by atoms with Crippen molar-refractivity contribution < 1.29 is 0 Å². The van der Waals surface area contributed by atoms with Crippen LogP contribution in [0.1, 0.15) is 27.9 Å². The third-order valence-corrected chi connectivity index (χ3v) is 4.86. The first-order chi connectivity index (χ1) is 8.34. The zero-order valence-corrected chi connectivity index (χ0v) is 11.0. The maximum atomic E-state index is 6.61. The number of thiazole rings is 1. The summed E-state index contributed by atoms with van der Waals surface area (Å²) in [5.41, 5.74) is 2.74. The van der Waals surface area contributed by atoms with Crippen molar-refractivity contribution in [3.63, 3.8) is 0 Å². The van der Waals surface area contributed by atoms with E-state index in [4.69, 9.17) is 11.6 Å². The molecule has 0 saturated carbocycles. The minimum Gasteiger partial charge on any atom is -0.250 e. The van der Waals surface area contributed by atoms with Crippen LogP contribution in [0.5, 0.6) is 0 Å². The Kier molecular flexibility index (Phi) is 3.17. The highest BCUT2D eigenvalue weighted by atomic mass is 35.5. The second kappa shape index (κ2) is 4.79. The lowest BCUT2D eigenvalue weighted by Gasteiger charge is -2.29. The van der Waals surface area contributed by atoms with Gasteiger partial charge in [0.05, 0.1) is 10.4 Å². The molecule has 1 aromatic heterocycles. The van der Waals surface area contributed by atoms with E-state index in [1.807, 2.05) is 11.6 Å². The topological polar surface area (TPSA) is 12.9 Å². The molecule has 0 radical (unpaired) electrons. The summed E-state index contributed by atoms with van der Waals surface area (Å²) in [6.45, 7) is 0. The van der Waals surface area contributed by atoms with Crippen molar-refractivity contribution in [3.8, 4) is 0 Å². The van der Waals surface area contributed by atoms with Crippen LogP contribution in [-0.2, 0) is 12.8 Å². The lowest BCUT2D eigenvalue weighted by molar-refractivity contribution is 0.441. The van der Waals surface area contributed by atoms with Gasteiger partial charge in [-0.1, -0.05) is 24.3 Å². The molecule has 1 nitrogen and oxygen atoms in total. The van der Waals surface area contributed by atoms with Crippen molar-refractivity contribution in [3.05, 3.63) is 52.0 Å². The van der Waals surface area contributed by atoms with Gasteiger partial charge in [-0.05, 0) is 29.9 Å². The van der Waals surface area contributed by atoms with Crippen molar-refractivity contribution in [2.75, 3.05) is 0 Å². The molecule has 0 N–H and O–H groups in total. The fourth-order valence-corrected chi connectivity index (χ4v) is 3.69. The number of nitrogens with zero attached hydrogens (tertiary/aromatic N) is 1. The Morgan fingerprint density at radius 3 is 3.06 bits per heavy atom. The van der Waals surface area contributed by atoms with E-state index in [1.165, 1.54) is 22.6 Å². The summed E-state index contributed by atoms with van der Waals surface area (Å²) < 4.78 is 0. The number of hydrogen-bond acceptors (Lipinski definition) is 2. The van der Waals surface area contributed by atoms with Crippen LogP contribution in [0.2, 0.25) is 0 Å². The third kappa shape index (κ3) is 2.24. The first-order valence-corrected chi connectivity index (χ1v) is 7.26. The Morgan fingerprint density at radius 2 is 2.24 bits per heavy atom. The molecule has 0 amide bonds. The summed E-state index contributed by atoms with van der Waals surface area (Å²) in [4.78, 5) is 4.36. The molecular weight excluding hydrogens is 250 g/mol. The second-order valence-corrected chi connectivity index (χ2v) is 5.98. The van der Waals surface area contributed by atoms with Crippen LogP contribution >= 0.6 is 22.9 Å². The molecule has 88 valence electrons. The minimum absolute atomic E-state index is 0.142. The number of alkyl halides is 1. The Morgan fingerprint density at radius 1 is 1.35 bits per heavy atom. The minimum atomic E-state index is 0.142. The quantitative estimate of drug-likeness (QED) is 0.739. The van der Waals surface area contributed by atoms with Crippen molar-refractivity contribution in [2.45, 2.75) is 24.6 Å². The Hall–Kier alpha value is -0.860. The monoisotopic (exact) mass is 263 g/mol. The predicted octanol–water partition coefficient (Wildman–Crippen LogP) is 4.23. The number of hydrogen-bond donors (Lipinski definition) is 0. The molecule has 2 unspecified atom stereocenters. The lowest BCUT2D eigenvalue weighted by Crippen LogP contribution is -2.19. The number of halogens is 1. The van der Waals surface area contributed by atoms with Crippen molar-refractivity contribution in [1.29, 1.82) is 0 Å². The molecule has 0 saturated heterocycles. The van der Waals surface area contributed by atoms with Crippen molar-refractivity contribution in [2.24, 2.45) is 5.92 Å². The molecule has 3 rings (SSSR count). The summed E-state index contributed by atoms with van der Waals surface area (Å²) in [5.74, 6) is 0.526. The molecule has 3 heteroatoms. The van der Waals surface area contributed by atoms with E-state index in [2.05, 4.69) is 29.2 Å². The summed E-state index contributed by atoms with van der Waals surface area (Å²) in [5, 5.41) is 3.39. The van der Waals surface area contributed by atoms with Crippen LogP contribution < -0.4 is 0 Å². The fraction of sp³-hybridized carbons (Fsp3) is 0.357. The van der Waals surface area contributed by atoms with E-state index in [-0.39, 0.29) is 5.38 Å². The smallest absolute Gasteiger partial charge is 0.0928 e. The molecule has 0 aliphatic heterocycles. The maximum Gasteiger partial charge on any atom is 0.0928 e. The van der Waals surface area contributed by atoms with Gasteiger partial charge in [0.25, 0.3) is 0 Å². The van der Waals surface area contributed by atoms with Gasteiger partial charge in [-0.15, -0.1) is 22.9 Å². The molecule has 1 aromatic carbocycles. The highest BCUT2D eigenvalue weighted by Crippen LogP contribution is 2.40. The van der Waals surface area contributed by atoms with Crippen LogP contribution in [0.4, 0.5) is 0 Å². The van der Waals surface area contributed by atoms with Gasteiger partial charge < -0.3 is 0 Å². The normalized spacial score (nSPS) is 23.4. The average molecular weight is 264 g/mol. The zero-order chi connectivity index (χ0) is 11.7. The number of fused-ring (bicyclic) bond motifs is 1. The lowest BCUT2D eigenvalue weighted by atomic mass is 9.82. The van der Waals surface area contributed by atoms with E-state index in [1.54, 1.807) is 11.3 Å². The van der Waals surface area contributed by atoms with Crippen molar-refractivity contribution >= 4 is 22.9 Å². The molecule has 17 heavy (non-hydrogen) atoms. The van der Waals surface area contributed by atoms with E-state index >= 15 is 0 Å². The SMILES string of the molecule is ClC1c2ccccc2CCC1Cc1nccs1. The molecular formula is C14H14ClNS. The highest BCUT2D eigenvalue weighted by molar-refractivity contribution is 7.09. The van der Waals surface area contributed by atoms with Crippen LogP contribution in [0, 0.1) is 5.92 Å². The second-order valence-electron chi connectivity index (χ2n) is 4.53. The fourth-order valence-electron chi connectivity index (χ4n) is 2.56. The van der Waals surface area contributed by atoms with E-state index in [0.29, 0.717) is 5.92 Å². The standard InChI is InChI=1S/C14H14ClNS/c15-14-11(9-13-16-7-8-17-13)6-5-10-3-1-2-4-12(10)14/h1-4,7-8,11,14H,5-6,9H2.